The smallest absolute Gasteiger partial charge is 0.313 e. The second kappa shape index (κ2) is 5.75. The summed E-state index contributed by atoms with van der Waals surface area (Å²) in [5.41, 5.74) is 2.75. The molecule has 4 nitrogen and oxygen atoms in total. The zero-order chi connectivity index (χ0) is 13.8. The maximum atomic E-state index is 11.1. The Kier molecular flexibility index (Phi) is 4.06. The molecule has 98 valence electrons. The summed E-state index contributed by atoms with van der Waals surface area (Å²) in [6.07, 6.45) is 1.73. The topological polar surface area (TPSA) is 52.4 Å². The third-order valence-electron chi connectivity index (χ3n) is 2.72. The number of nitro benzene ring substituents is 1. The summed E-state index contributed by atoms with van der Waals surface area (Å²) in [5.74, 6) is 0.295. The fourth-order valence-corrected chi connectivity index (χ4v) is 2.14. The highest BCUT2D eigenvalue weighted by atomic mass is 32.2. The summed E-state index contributed by atoms with van der Waals surface area (Å²) < 4.78 is 5.39. The predicted octanol–water partition coefficient (Wildman–Crippen LogP) is 4.23. The molecule has 19 heavy (non-hydrogen) atoms. The number of benzene rings is 2. The second-order valence-corrected chi connectivity index (χ2v) is 4.53. The van der Waals surface area contributed by atoms with E-state index in [9.17, 15) is 10.1 Å². The van der Waals surface area contributed by atoms with Gasteiger partial charge in [0.1, 0.15) is 0 Å². The molecule has 0 radical (unpaired) electrons. The quantitative estimate of drug-likeness (QED) is 0.476. The van der Waals surface area contributed by atoms with Gasteiger partial charge in [-0.25, -0.2) is 0 Å². The van der Waals surface area contributed by atoms with Crippen molar-refractivity contribution in [3.63, 3.8) is 0 Å². The van der Waals surface area contributed by atoms with Crippen LogP contribution >= 0.6 is 12.0 Å². The Bertz CT molecular complexity index is 596. The Morgan fingerprint density at radius 3 is 2.42 bits per heavy atom. The van der Waals surface area contributed by atoms with Gasteiger partial charge in [0.2, 0.25) is 5.75 Å². The van der Waals surface area contributed by atoms with Gasteiger partial charge in [-0.2, -0.15) is 0 Å². The van der Waals surface area contributed by atoms with Crippen LogP contribution in [0.4, 0.5) is 5.69 Å². The monoisotopic (exact) mass is 275 g/mol. The van der Waals surface area contributed by atoms with Crippen molar-refractivity contribution in [2.45, 2.75) is 6.92 Å². The number of rotatable bonds is 4. The molecular weight excluding hydrogens is 262 g/mol. The molecule has 0 aliphatic carbocycles. The first-order chi connectivity index (χ1) is 9.13. The van der Waals surface area contributed by atoms with Gasteiger partial charge in [0.25, 0.3) is 0 Å². The van der Waals surface area contributed by atoms with Crippen LogP contribution < -0.4 is 4.18 Å². The van der Waals surface area contributed by atoms with Crippen molar-refractivity contribution in [2.75, 3.05) is 6.26 Å². The number of para-hydroxylation sites is 1. The maximum Gasteiger partial charge on any atom is 0.313 e. The summed E-state index contributed by atoms with van der Waals surface area (Å²) in [6, 6.07) is 12.7. The molecule has 0 atom stereocenters. The van der Waals surface area contributed by atoms with Crippen molar-refractivity contribution >= 4 is 17.7 Å². The largest absolute Gasteiger partial charge is 0.418 e. The lowest BCUT2D eigenvalue weighted by Gasteiger charge is -2.09. The Morgan fingerprint density at radius 2 is 1.84 bits per heavy atom. The van der Waals surface area contributed by atoms with Crippen LogP contribution in [0, 0.1) is 17.0 Å². The van der Waals surface area contributed by atoms with Gasteiger partial charge in [-0.15, -0.1) is 0 Å². The minimum absolute atomic E-state index is 0.0209. The third kappa shape index (κ3) is 2.88. The number of nitrogens with zero attached hydrogens (tertiary/aromatic N) is 1. The van der Waals surface area contributed by atoms with Crippen LogP contribution in [-0.4, -0.2) is 11.2 Å². The lowest BCUT2D eigenvalue weighted by Crippen LogP contribution is -1.94. The lowest BCUT2D eigenvalue weighted by molar-refractivity contribution is -0.385. The van der Waals surface area contributed by atoms with Crippen molar-refractivity contribution < 1.29 is 9.11 Å². The van der Waals surface area contributed by atoms with E-state index in [0.29, 0.717) is 5.75 Å². The number of aryl methyl sites for hydroxylation is 1. The van der Waals surface area contributed by atoms with Crippen molar-refractivity contribution in [3.8, 4) is 16.9 Å². The van der Waals surface area contributed by atoms with Gasteiger partial charge in [-0.1, -0.05) is 42.0 Å². The number of hydrogen-bond acceptors (Lipinski definition) is 4. The molecule has 2 aromatic carbocycles. The molecule has 0 aliphatic heterocycles. The van der Waals surface area contributed by atoms with Crippen LogP contribution in [0.3, 0.4) is 0 Å². The first-order valence-corrected chi connectivity index (χ1v) is 6.83. The van der Waals surface area contributed by atoms with E-state index < -0.39 is 4.92 Å². The van der Waals surface area contributed by atoms with E-state index in [1.807, 2.05) is 37.3 Å². The zero-order valence-corrected chi connectivity index (χ0v) is 11.4. The van der Waals surface area contributed by atoms with Crippen molar-refractivity contribution in [2.24, 2.45) is 0 Å². The lowest BCUT2D eigenvalue weighted by atomic mass is 10.0. The molecule has 0 fully saturated rings. The first-order valence-electron chi connectivity index (χ1n) is 5.68. The van der Waals surface area contributed by atoms with E-state index in [-0.39, 0.29) is 5.69 Å². The Morgan fingerprint density at radius 1 is 1.16 bits per heavy atom. The predicted molar refractivity (Wildman–Crippen MR) is 77.4 cm³/mol. The summed E-state index contributed by atoms with van der Waals surface area (Å²) in [7, 11) is 0. The van der Waals surface area contributed by atoms with Crippen LogP contribution in [0.25, 0.3) is 11.1 Å². The summed E-state index contributed by atoms with van der Waals surface area (Å²) in [5, 5.41) is 11.1. The van der Waals surface area contributed by atoms with Crippen molar-refractivity contribution in [3.05, 3.63) is 58.1 Å². The van der Waals surface area contributed by atoms with E-state index in [2.05, 4.69) is 0 Å². The molecule has 0 spiro atoms. The molecule has 0 amide bonds. The normalized spacial score (nSPS) is 10.2. The standard InChI is InChI=1S/C14H13NO3S/c1-10-6-8-11(9-7-10)12-4-3-5-13(15(16)17)14(12)18-19-2/h3-9H,1-2H3. The van der Waals surface area contributed by atoms with Crippen LogP contribution in [0.15, 0.2) is 42.5 Å². The molecule has 0 heterocycles. The van der Waals surface area contributed by atoms with Crippen LogP contribution in [-0.2, 0) is 0 Å². The maximum absolute atomic E-state index is 11.1. The molecule has 5 heteroatoms. The van der Waals surface area contributed by atoms with Gasteiger partial charge in [0, 0.05) is 17.9 Å². The Balaban J connectivity index is 2.58. The highest BCUT2D eigenvalue weighted by Gasteiger charge is 2.20. The molecule has 0 N–H and O–H groups in total. The molecule has 0 saturated carbocycles. The van der Waals surface area contributed by atoms with Gasteiger partial charge < -0.3 is 4.18 Å². The van der Waals surface area contributed by atoms with E-state index in [4.69, 9.17) is 4.18 Å². The third-order valence-corrected chi connectivity index (χ3v) is 3.05. The fourth-order valence-electron chi connectivity index (χ4n) is 1.80. The first kappa shape index (κ1) is 13.4. The second-order valence-electron chi connectivity index (χ2n) is 4.03. The molecular formula is C14H13NO3S. The van der Waals surface area contributed by atoms with E-state index in [1.54, 1.807) is 12.3 Å². The van der Waals surface area contributed by atoms with Crippen molar-refractivity contribution in [1.29, 1.82) is 0 Å². The summed E-state index contributed by atoms with van der Waals surface area (Å²) >= 11 is 1.09. The average Bonchev–Trinajstić information content (AvgIpc) is 2.40. The molecule has 2 aromatic rings. The van der Waals surface area contributed by atoms with Crippen LogP contribution in [0.2, 0.25) is 0 Å². The zero-order valence-electron chi connectivity index (χ0n) is 10.6. The minimum Gasteiger partial charge on any atom is -0.418 e. The van der Waals surface area contributed by atoms with Gasteiger partial charge in [0.15, 0.2) is 0 Å². The van der Waals surface area contributed by atoms with E-state index >= 15 is 0 Å². The molecule has 0 aliphatic rings. The van der Waals surface area contributed by atoms with Crippen LogP contribution in [0.1, 0.15) is 5.56 Å². The fraction of sp³-hybridized carbons (Fsp3) is 0.143. The molecule has 0 unspecified atom stereocenters. The SMILES string of the molecule is CSOc1c(-c2ccc(C)cc2)cccc1[N+](=O)[O-]. The molecule has 0 saturated heterocycles. The number of hydrogen-bond donors (Lipinski definition) is 0. The molecule has 0 aromatic heterocycles. The molecule has 2 rings (SSSR count). The average molecular weight is 275 g/mol. The minimum atomic E-state index is -0.427. The highest BCUT2D eigenvalue weighted by Crippen LogP contribution is 2.39. The van der Waals surface area contributed by atoms with Gasteiger partial charge in [0.05, 0.1) is 17.0 Å². The van der Waals surface area contributed by atoms with Gasteiger partial charge in [-0.05, 0) is 12.5 Å². The highest BCUT2D eigenvalue weighted by molar-refractivity contribution is 7.94. The van der Waals surface area contributed by atoms with E-state index in [1.165, 1.54) is 6.07 Å². The Hall–Kier alpha value is -2.01. The summed E-state index contributed by atoms with van der Waals surface area (Å²) in [6.45, 7) is 2.00. The molecule has 0 bridgehead atoms. The number of nitro groups is 1. The van der Waals surface area contributed by atoms with Gasteiger partial charge >= 0.3 is 5.69 Å². The van der Waals surface area contributed by atoms with E-state index in [0.717, 1.165) is 28.7 Å². The van der Waals surface area contributed by atoms with Crippen LogP contribution in [0.5, 0.6) is 5.75 Å². The van der Waals surface area contributed by atoms with Gasteiger partial charge in [-0.3, -0.25) is 10.1 Å². The summed E-state index contributed by atoms with van der Waals surface area (Å²) in [4.78, 5) is 10.6. The van der Waals surface area contributed by atoms with Crippen molar-refractivity contribution in [1.82, 2.24) is 0 Å². The Labute approximate surface area is 115 Å².